The molecule has 20 heavy (non-hydrogen) atoms. The molecule has 4 heteroatoms. The van der Waals surface area contributed by atoms with E-state index in [0.29, 0.717) is 31.0 Å². The molecule has 4 aliphatic carbocycles. The molecule has 0 aromatic rings. The minimum atomic E-state index is -0.418. The molecule has 4 saturated carbocycles. The van der Waals surface area contributed by atoms with Gasteiger partial charge in [0.1, 0.15) is 11.7 Å². The first kappa shape index (κ1) is 13.5. The van der Waals surface area contributed by atoms with Crippen LogP contribution >= 0.6 is 0 Å². The summed E-state index contributed by atoms with van der Waals surface area (Å²) >= 11 is 0. The van der Waals surface area contributed by atoms with Gasteiger partial charge in [0.2, 0.25) is 0 Å². The first-order valence-electron chi connectivity index (χ1n) is 8.24. The average molecular weight is 282 g/mol. The SMILES string of the molecule is CCO[C@@H]1OC2([C@@H]3CC4C[C@H]2CC(O)(C4)C3)[C@H]1OCC. The summed E-state index contributed by atoms with van der Waals surface area (Å²) in [4.78, 5) is 0. The molecular formula is C16H26O4. The second kappa shape index (κ2) is 4.42. The second-order valence-electron chi connectivity index (χ2n) is 7.24. The maximum Gasteiger partial charge on any atom is 0.187 e. The van der Waals surface area contributed by atoms with Gasteiger partial charge in [-0.15, -0.1) is 0 Å². The lowest BCUT2D eigenvalue weighted by molar-refractivity contribution is -0.434. The summed E-state index contributed by atoms with van der Waals surface area (Å²) in [6.45, 7) is 5.40. The van der Waals surface area contributed by atoms with Crippen molar-refractivity contribution in [3.8, 4) is 0 Å². The molecule has 4 bridgehead atoms. The van der Waals surface area contributed by atoms with E-state index in [2.05, 4.69) is 0 Å². The standard InChI is InChI=1S/C16H26O4/c1-3-18-13-14(19-4-2)20-16(13)11-5-10-6-12(16)9-15(17,7-10)8-11/h10-14,17H,3-9H2,1-2H3/t10?,11-,12+,13-,14+,15?,16?/m0/s1. The fourth-order valence-corrected chi connectivity index (χ4v) is 5.76. The Morgan fingerprint density at radius 1 is 1.05 bits per heavy atom. The fraction of sp³-hybridized carbons (Fsp3) is 1.00. The molecule has 3 unspecified atom stereocenters. The molecule has 114 valence electrons. The largest absolute Gasteiger partial charge is 0.390 e. The fourth-order valence-electron chi connectivity index (χ4n) is 5.76. The molecular weight excluding hydrogens is 256 g/mol. The molecule has 1 aliphatic heterocycles. The Morgan fingerprint density at radius 3 is 2.25 bits per heavy atom. The van der Waals surface area contributed by atoms with Crippen molar-refractivity contribution in [3.63, 3.8) is 0 Å². The third-order valence-electron chi connectivity index (χ3n) is 6.12. The van der Waals surface area contributed by atoms with Crippen LogP contribution in [0.15, 0.2) is 0 Å². The van der Waals surface area contributed by atoms with Crippen molar-refractivity contribution < 1.29 is 19.3 Å². The summed E-state index contributed by atoms with van der Waals surface area (Å²) in [7, 11) is 0. The van der Waals surface area contributed by atoms with Crippen molar-refractivity contribution in [1.82, 2.24) is 0 Å². The van der Waals surface area contributed by atoms with E-state index in [-0.39, 0.29) is 18.0 Å². The highest BCUT2D eigenvalue weighted by molar-refractivity contribution is 5.19. The van der Waals surface area contributed by atoms with Gasteiger partial charge in [-0.3, -0.25) is 0 Å². The van der Waals surface area contributed by atoms with Crippen molar-refractivity contribution in [2.75, 3.05) is 13.2 Å². The number of ether oxygens (including phenoxy) is 3. The highest BCUT2D eigenvalue weighted by Crippen LogP contribution is 2.65. The van der Waals surface area contributed by atoms with Gasteiger partial charge in [-0.05, 0) is 63.7 Å². The van der Waals surface area contributed by atoms with Crippen molar-refractivity contribution in [3.05, 3.63) is 0 Å². The lowest BCUT2D eigenvalue weighted by Crippen LogP contribution is -2.78. The summed E-state index contributed by atoms with van der Waals surface area (Å²) in [5.74, 6) is 1.60. The normalized spacial score (nSPS) is 56.2. The van der Waals surface area contributed by atoms with E-state index in [1.54, 1.807) is 0 Å². The Morgan fingerprint density at radius 2 is 1.70 bits per heavy atom. The van der Waals surface area contributed by atoms with Gasteiger partial charge in [0.25, 0.3) is 0 Å². The molecule has 4 nitrogen and oxygen atoms in total. The maximum atomic E-state index is 10.7. The smallest absolute Gasteiger partial charge is 0.187 e. The van der Waals surface area contributed by atoms with Crippen LogP contribution in [-0.2, 0) is 14.2 Å². The summed E-state index contributed by atoms with van der Waals surface area (Å²) in [6.07, 6.45) is 5.04. The molecule has 1 spiro atoms. The highest BCUT2D eigenvalue weighted by Gasteiger charge is 2.72. The zero-order chi connectivity index (χ0) is 14.0. The third-order valence-corrected chi connectivity index (χ3v) is 6.12. The minimum Gasteiger partial charge on any atom is -0.390 e. The molecule has 7 atom stereocenters. The number of aliphatic hydroxyl groups is 1. The van der Waals surface area contributed by atoms with Gasteiger partial charge in [0.15, 0.2) is 6.29 Å². The number of hydrogen-bond acceptors (Lipinski definition) is 4. The minimum absolute atomic E-state index is 0.0612. The molecule has 0 radical (unpaired) electrons. The summed E-state index contributed by atoms with van der Waals surface area (Å²) < 4.78 is 18.0. The van der Waals surface area contributed by atoms with Gasteiger partial charge >= 0.3 is 0 Å². The summed E-state index contributed by atoms with van der Waals surface area (Å²) in [5.41, 5.74) is -0.586. The second-order valence-corrected chi connectivity index (χ2v) is 7.24. The molecule has 1 heterocycles. The molecule has 1 saturated heterocycles. The Balaban J connectivity index is 1.61. The van der Waals surface area contributed by atoms with E-state index in [1.165, 1.54) is 12.8 Å². The first-order valence-corrected chi connectivity index (χ1v) is 8.24. The monoisotopic (exact) mass is 282 g/mol. The van der Waals surface area contributed by atoms with Crippen LogP contribution in [0.3, 0.4) is 0 Å². The van der Waals surface area contributed by atoms with Gasteiger partial charge in [-0.1, -0.05) is 0 Å². The van der Waals surface area contributed by atoms with Crippen LogP contribution in [0.4, 0.5) is 0 Å². The summed E-state index contributed by atoms with van der Waals surface area (Å²) in [6, 6.07) is 0. The predicted octanol–water partition coefficient (Wildman–Crippen LogP) is 2.09. The molecule has 1 N–H and O–H groups in total. The Kier molecular flexibility index (Phi) is 2.98. The average Bonchev–Trinajstić information content (AvgIpc) is 2.37. The van der Waals surface area contributed by atoms with Crippen LogP contribution in [0.25, 0.3) is 0 Å². The van der Waals surface area contributed by atoms with Crippen LogP contribution in [0.1, 0.15) is 46.0 Å². The number of hydrogen-bond donors (Lipinski definition) is 1. The van der Waals surface area contributed by atoms with Crippen LogP contribution in [0.2, 0.25) is 0 Å². The van der Waals surface area contributed by atoms with Gasteiger partial charge in [-0.25, -0.2) is 0 Å². The van der Waals surface area contributed by atoms with Gasteiger partial charge < -0.3 is 19.3 Å². The zero-order valence-corrected chi connectivity index (χ0v) is 12.5. The first-order chi connectivity index (χ1) is 9.61. The Hall–Kier alpha value is -0.160. The van der Waals surface area contributed by atoms with E-state index in [0.717, 1.165) is 19.3 Å². The summed E-state index contributed by atoms with van der Waals surface area (Å²) in [5, 5.41) is 10.7. The van der Waals surface area contributed by atoms with Crippen molar-refractivity contribution in [1.29, 1.82) is 0 Å². The van der Waals surface area contributed by atoms with Crippen molar-refractivity contribution in [2.45, 2.75) is 69.5 Å². The van der Waals surface area contributed by atoms with Crippen LogP contribution in [-0.4, -0.2) is 41.9 Å². The number of rotatable bonds is 4. The Bertz CT molecular complexity index is 380. The lowest BCUT2D eigenvalue weighted by Gasteiger charge is -2.70. The van der Waals surface area contributed by atoms with Gasteiger partial charge in [0.05, 0.1) is 5.60 Å². The van der Waals surface area contributed by atoms with E-state index >= 15 is 0 Å². The topological polar surface area (TPSA) is 47.9 Å². The quantitative estimate of drug-likeness (QED) is 0.858. The van der Waals surface area contributed by atoms with E-state index in [9.17, 15) is 5.11 Å². The van der Waals surface area contributed by atoms with E-state index in [1.807, 2.05) is 13.8 Å². The Labute approximate surface area is 120 Å². The van der Waals surface area contributed by atoms with Crippen molar-refractivity contribution in [2.24, 2.45) is 17.8 Å². The van der Waals surface area contributed by atoms with Crippen molar-refractivity contribution >= 4 is 0 Å². The molecule has 5 rings (SSSR count). The molecule has 5 fully saturated rings. The lowest BCUT2D eigenvalue weighted by atomic mass is 9.46. The molecule has 0 aromatic heterocycles. The molecule has 0 amide bonds. The van der Waals surface area contributed by atoms with Gasteiger partial charge in [0, 0.05) is 13.2 Å². The van der Waals surface area contributed by atoms with Crippen LogP contribution in [0.5, 0.6) is 0 Å². The molecule has 0 aromatic carbocycles. The van der Waals surface area contributed by atoms with E-state index in [4.69, 9.17) is 14.2 Å². The third kappa shape index (κ3) is 1.62. The van der Waals surface area contributed by atoms with Gasteiger partial charge in [-0.2, -0.15) is 0 Å². The maximum absolute atomic E-state index is 10.7. The molecule has 5 aliphatic rings. The highest BCUT2D eigenvalue weighted by atomic mass is 16.7. The van der Waals surface area contributed by atoms with E-state index < -0.39 is 5.60 Å². The van der Waals surface area contributed by atoms with Crippen LogP contribution in [0, 0.1) is 17.8 Å². The zero-order valence-electron chi connectivity index (χ0n) is 12.5. The van der Waals surface area contributed by atoms with Crippen LogP contribution < -0.4 is 0 Å². The predicted molar refractivity (Wildman–Crippen MR) is 73.1 cm³/mol.